The standard InChI is InChI=1S/C14H19NO2/c1-5-16-12-8-6-7-11-9(2)13(10(3)15-4)17-14(11)12/h6-8,10,15H,5H2,1-4H3. The van der Waals surface area contributed by atoms with E-state index in [2.05, 4.69) is 25.2 Å². The van der Waals surface area contributed by atoms with Crippen molar-refractivity contribution in [3.63, 3.8) is 0 Å². The summed E-state index contributed by atoms with van der Waals surface area (Å²) in [5, 5.41) is 4.33. The van der Waals surface area contributed by atoms with Crippen molar-refractivity contribution in [2.45, 2.75) is 26.8 Å². The van der Waals surface area contributed by atoms with Crippen molar-refractivity contribution in [3.05, 3.63) is 29.5 Å². The lowest BCUT2D eigenvalue weighted by Gasteiger charge is -2.07. The van der Waals surface area contributed by atoms with E-state index in [0.717, 1.165) is 22.5 Å². The lowest BCUT2D eigenvalue weighted by atomic mass is 10.1. The second-order valence-electron chi connectivity index (χ2n) is 4.17. The SMILES string of the molecule is CCOc1cccc2c(C)c(C(C)NC)oc12. The zero-order chi connectivity index (χ0) is 12.4. The quantitative estimate of drug-likeness (QED) is 0.878. The van der Waals surface area contributed by atoms with E-state index in [1.807, 2.05) is 26.1 Å². The van der Waals surface area contributed by atoms with Crippen molar-refractivity contribution in [3.8, 4) is 5.75 Å². The van der Waals surface area contributed by atoms with Gasteiger partial charge < -0.3 is 14.5 Å². The third-order valence-corrected chi connectivity index (χ3v) is 3.09. The Morgan fingerprint density at radius 1 is 1.41 bits per heavy atom. The Morgan fingerprint density at radius 2 is 2.18 bits per heavy atom. The van der Waals surface area contributed by atoms with Crippen molar-refractivity contribution in [1.29, 1.82) is 0 Å². The van der Waals surface area contributed by atoms with Gasteiger partial charge >= 0.3 is 0 Å². The van der Waals surface area contributed by atoms with E-state index >= 15 is 0 Å². The van der Waals surface area contributed by atoms with Crippen LogP contribution in [0.4, 0.5) is 0 Å². The highest BCUT2D eigenvalue weighted by Crippen LogP contribution is 2.34. The molecule has 1 aromatic heterocycles. The van der Waals surface area contributed by atoms with Gasteiger partial charge in [0.1, 0.15) is 5.76 Å². The zero-order valence-electron chi connectivity index (χ0n) is 10.8. The molecule has 17 heavy (non-hydrogen) atoms. The summed E-state index contributed by atoms with van der Waals surface area (Å²) in [7, 11) is 1.93. The molecule has 0 aliphatic rings. The fourth-order valence-electron chi connectivity index (χ4n) is 2.05. The molecule has 92 valence electrons. The number of nitrogens with one attached hydrogen (secondary N) is 1. The van der Waals surface area contributed by atoms with Crippen molar-refractivity contribution < 1.29 is 9.15 Å². The van der Waals surface area contributed by atoms with Crippen molar-refractivity contribution in [2.75, 3.05) is 13.7 Å². The molecule has 0 aliphatic heterocycles. The summed E-state index contributed by atoms with van der Waals surface area (Å²) >= 11 is 0. The Labute approximate surface area is 102 Å². The molecule has 0 saturated carbocycles. The van der Waals surface area contributed by atoms with E-state index in [1.165, 1.54) is 5.56 Å². The molecule has 3 heteroatoms. The molecule has 1 N–H and O–H groups in total. The van der Waals surface area contributed by atoms with E-state index in [0.29, 0.717) is 6.61 Å². The van der Waals surface area contributed by atoms with Gasteiger partial charge in [-0.15, -0.1) is 0 Å². The molecule has 0 amide bonds. The predicted molar refractivity (Wildman–Crippen MR) is 69.6 cm³/mol. The van der Waals surface area contributed by atoms with Gasteiger partial charge in [0, 0.05) is 10.9 Å². The number of hydrogen-bond donors (Lipinski definition) is 1. The van der Waals surface area contributed by atoms with Crippen LogP contribution in [-0.4, -0.2) is 13.7 Å². The first-order valence-corrected chi connectivity index (χ1v) is 6.01. The molecule has 0 bridgehead atoms. The second kappa shape index (κ2) is 4.80. The van der Waals surface area contributed by atoms with Gasteiger partial charge in [-0.25, -0.2) is 0 Å². The summed E-state index contributed by atoms with van der Waals surface area (Å²) in [5.74, 6) is 1.80. The van der Waals surface area contributed by atoms with Crippen LogP contribution in [0.25, 0.3) is 11.0 Å². The van der Waals surface area contributed by atoms with Crippen LogP contribution in [0, 0.1) is 6.92 Å². The van der Waals surface area contributed by atoms with Gasteiger partial charge in [-0.05, 0) is 33.9 Å². The molecule has 0 saturated heterocycles. The second-order valence-corrected chi connectivity index (χ2v) is 4.17. The van der Waals surface area contributed by atoms with E-state index in [4.69, 9.17) is 9.15 Å². The van der Waals surface area contributed by atoms with Crippen LogP contribution in [0.5, 0.6) is 5.75 Å². The van der Waals surface area contributed by atoms with Crippen molar-refractivity contribution in [2.24, 2.45) is 0 Å². The number of furan rings is 1. The summed E-state index contributed by atoms with van der Waals surface area (Å²) in [4.78, 5) is 0. The molecule has 0 spiro atoms. The van der Waals surface area contributed by atoms with E-state index in [1.54, 1.807) is 0 Å². The maximum absolute atomic E-state index is 5.95. The van der Waals surface area contributed by atoms with Crippen LogP contribution >= 0.6 is 0 Å². The van der Waals surface area contributed by atoms with E-state index in [-0.39, 0.29) is 6.04 Å². The molecular formula is C14H19NO2. The van der Waals surface area contributed by atoms with E-state index in [9.17, 15) is 0 Å². The van der Waals surface area contributed by atoms with E-state index < -0.39 is 0 Å². The molecule has 1 aromatic carbocycles. The maximum atomic E-state index is 5.95. The molecule has 2 rings (SSSR count). The fraction of sp³-hybridized carbons (Fsp3) is 0.429. The lowest BCUT2D eigenvalue weighted by molar-refractivity contribution is 0.336. The summed E-state index contributed by atoms with van der Waals surface area (Å²) in [6, 6.07) is 6.23. The lowest BCUT2D eigenvalue weighted by Crippen LogP contribution is -2.12. The van der Waals surface area contributed by atoms with Crippen LogP contribution in [0.3, 0.4) is 0 Å². The third kappa shape index (κ3) is 2.03. The summed E-state index contributed by atoms with van der Waals surface area (Å²) in [5.41, 5.74) is 2.03. The molecule has 0 fully saturated rings. The first-order chi connectivity index (χ1) is 8.19. The highest BCUT2D eigenvalue weighted by atomic mass is 16.5. The molecule has 1 heterocycles. The first-order valence-electron chi connectivity index (χ1n) is 6.01. The average molecular weight is 233 g/mol. The predicted octanol–water partition coefficient (Wildman–Crippen LogP) is 3.42. The highest BCUT2D eigenvalue weighted by molar-refractivity contribution is 5.87. The number of fused-ring (bicyclic) bond motifs is 1. The number of ether oxygens (including phenoxy) is 1. The van der Waals surface area contributed by atoms with Gasteiger partial charge in [-0.3, -0.25) is 0 Å². The molecular weight excluding hydrogens is 214 g/mol. The van der Waals surface area contributed by atoms with Crippen LogP contribution in [-0.2, 0) is 0 Å². The van der Waals surface area contributed by atoms with Gasteiger partial charge in [0.25, 0.3) is 0 Å². The number of benzene rings is 1. The molecule has 0 aliphatic carbocycles. The zero-order valence-corrected chi connectivity index (χ0v) is 10.8. The molecule has 1 atom stereocenters. The highest BCUT2D eigenvalue weighted by Gasteiger charge is 2.17. The van der Waals surface area contributed by atoms with Crippen molar-refractivity contribution >= 4 is 11.0 Å². The monoisotopic (exact) mass is 233 g/mol. The van der Waals surface area contributed by atoms with Crippen LogP contribution in [0.1, 0.15) is 31.2 Å². The Kier molecular flexibility index (Phi) is 3.38. The van der Waals surface area contributed by atoms with Crippen molar-refractivity contribution in [1.82, 2.24) is 5.32 Å². The third-order valence-electron chi connectivity index (χ3n) is 3.09. The van der Waals surface area contributed by atoms with Gasteiger partial charge in [0.2, 0.25) is 0 Å². The smallest absolute Gasteiger partial charge is 0.176 e. The Balaban J connectivity index is 2.60. The van der Waals surface area contributed by atoms with Gasteiger partial charge in [-0.1, -0.05) is 12.1 Å². The number of rotatable bonds is 4. The number of para-hydroxylation sites is 1. The summed E-state index contributed by atoms with van der Waals surface area (Å²) < 4.78 is 11.5. The Hall–Kier alpha value is -1.48. The van der Waals surface area contributed by atoms with Crippen LogP contribution in [0.2, 0.25) is 0 Å². The fourth-order valence-corrected chi connectivity index (χ4v) is 2.05. The summed E-state index contributed by atoms with van der Waals surface area (Å²) in [6.45, 7) is 6.80. The van der Waals surface area contributed by atoms with Crippen LogP contribution in [0.15, 0.2) is 22.6 Å². The average Bonchev–Trinajstić information content (AvgIpc) is 2.68. The largest absolute Gasteiger partial charge is 0.490 e. The minimum absolute atomic E-state index is 0.205. The summed E-state index contributed by atoms with van der Waals surface area (Å²) in [6.07, 6.45) is 0. The topological polar surface area (TPSA) is 34.4 Å². The molecule has 3 nitrogen and oxygen atoms in total. The minimum Gasteiger partial charge on any atom is -0.490 e. The first kappa shape index (κ1) is 12.0. The van der Waals surface area contributed by atoms with Gasteiger partial charge in [-0.2, -0.15) is 0 Å². The maximum Gasteiger partial charge on any atom is 0.176 e. The Bertz CT molecular complexity index is 516. The van der Waals surface area contributed by atoms with Gasteiger partial charge in [0.15, 0.2) is 11.3 Å². The molecule has 1 unspecified atom stereocenters. The molecule has 2 aromatic rings. The van der Waals surface area contributed by atoms with Crippen LogP contribution < -0.4 is 10.1 Å². The normalized spacial score (nSPS) is 12.9. The number of hydrogen-bond acceptors (Lipinski definition) is 3. The number of aryl methyl sites for hydroxylation is 1. The minimum atomic E-state index is 0.205. The Morgan fingerprint density at radius 3 is 2.82 bits per heavy atom. The molecule has 0 radical (unpaired) electrons. The van der Waals surface area contributed by atoms with Gasteiger partial charge in [0.05, 0.1) is 12.6 Å².